The van der Waals surface area contributed by atoms with Gasteiger partial charge in [-0.1, -0.05) is 29.8 Å². The van der Waals surface area contributed by atoms with Gasteiger partial charge in [0.05, 0.1) is 10.7 Å². The van der Waals surface area contributed by atoms with E-state index < -0.39 is 11.6 Å². The van der Waals surface area contributed by atoms with Gasteiger partial charge in [-0.2, -0.15) is 0 Å². The van der Waals surface area contributed by atoms with Crippen LogP contribution in [0.4, 0.5) is 14.5 Å². The number of hydrogen-bond donors (Lipinski definition) is 1. The fourth-order valence-corrected chi connectivity index (χ4v) is 2.63. The highest BCUT2D eigenvalue weighted by Gasteiger charge is 2.14. The van der Waals surface area contributed by atoms with Crippen molar-refractivity contribution in [3.63, 3.8) is 0 Å². The quantitative estimate of drug-likeness (QED) is 0.674. The molecule has 0 aliphatic carbocycles. The van der Waals surface area contributed by atoms with Crippen LogP contribution in [0.15, 0.2) is 40.8 Å². The minimum Gasteiger partial charge on any atom is -0.444 e. The first-order valence-corrected chi connectivity index (χ1v) is 6.86. The summed E-state index contributed by atoms with van der Waals surface area (Å²) in [4.78, 5) is 0. The molecular formula is C15H9Cl2F2NO. The predicted molar refractivity (Wildman–Crippen MR) is 79.9 cm³/mol. The molecule has 2 aromatic carbocycles. The molecule has 1 aromatic heterocycles. The smallest absolute Gasteiger partial charge is 0.199 e. The number of nitrogens with one attached hydrogen (secondary N) is 1. The first-order chi connectivity index (χ1) is 10.1. The molecule has 0 fully saturated rings. The van der Waals surface area contributed by atoms with Gasteiger partial charge in [0, 0.05) is 23.6 Å². The second-order valence-electron chi connectivity index (χ2n) is 4.45. The van der Waals surface area contributed by atoms with Crippen LogP contribution in [0, 0.1) is 11.6 Å². The molecule has 0 aliphatic heterocycles. The lowest BCUT2D eigenvalue weighted by Gasteiger charge is -2.09. The lowest BCUT2D eigenvalue weighted by atomic mass is 10.1. The molecule has 0 unspecified atom stereocenters. The Balaban J connectivity index is 1.92. The molecule has 1 N–H and O–H groups in total. The van der Waals surface area contributed by atoms with Crippen LogP contribution in [-0.4, -0.2) is 0 Å². The van der Waals surface area contributed by atoms with E-state index in [1.54, 1.807) is 6.07 Å². The molecule has 0 radical (unpaired) electrons. The van der Waals surface area contributed by atoms with Crippen LogP contribution in [0.1, 0.15) is 5.56 Å². The lowest BCUT2D eigenvalue weighted by molar-refractivity contribution is 0.585. The molecule has 6 heteroatoms. The topological polar surface area (TPSA) is 25.2 Å². The standard InChI is InChI=1S/C15H9Cl2F2NO/c16-11-5-8(18)6-12(19)14(11)20-7-10-9-3-1-2-4-13(9)21-15(10)17/h1-6,20H,7H2. The lowest BCUT2D eigenvalue weighted by Crippen LogP contribution is -2.02. The van der Waals surface area contributed by atoms with E-state index in [-0.39, 0.29) is 22.5 Å². The number of furan rings is 1. The number of halogens is 4. The van der Waals surface area contributed by atoms with Crippen LogP contribution in [0.25, 0.3) is 11.0 Å². The summed E-state index contributed by atoms with van der Waals surface area (Å²) in [5.74, 6) is -1.49. The third kappa shape index (κ3) is 2.69. The van der Waals surface area contributed by atoms with Crippen molar-refractivity contribution in [2.24, 2.45) is 0 Å². The number of rotatable bonds is 3. The second kappa shape index (κ2) is 5.54. The maximum atomic E-state index is 13.7. The van der Waals surface area contributed by atoms with E-state index in [1.165, 1.54) is 0 Å². The zero-order chi connectivity index (χ0) is 15.0. The van der Waals surface area contributed by atoms with Gasteiger partial charge >= 0.3 is 0 Å². The number of para-hydroxylation sites is 1. The Kier molecular flexibility index (Phi) is 3.74. The largest absolute Gasteiger partial charge is 0.444 e. The van der Waals surface area contributed by atoms with E-state index in [1.807, 2.05) is 18.2 Å². The van der Waals surface area contributed by atoms with Crippen molar-refractivity contribution in [2.45, 2.75) is 6.54 Å². The summed E-state index contributed by atoms with van der Waals surface area (Å²) in [5.41, 5.74) is 1.36. The fraction of sp³-hybridized carbons (Fsp3) is 0.0667. The molecule has 3 rings (SSSR count). The molecule has 3 aromatic rings. The molecule has 0 amide bonds. The zero-order valence-electron chi connectivity index (χ0n) is 10.6. The summed E-state index contributed by atoms with van der Waals surface area (Å²) in [7, 11) is 0. The van der Waals surface area contributed by atoms with Gasteiger partial charge in [-0.3, -0.25) is 0 Å². The molecule has 0 spiro atoms. The molecule has 0 atom stereocenters. The van der Waals surface area contributed by atoms with Crippen molar-refractivity contribution < 1.29 is 13.2 Å². The van der Waals surface area contributed by atoms with Crippen molar-refractivity contribution in [1.82, 2.24) is 0 Å². The summed E-state index contributed by atoms with van der Waals surface area (Å²) >= 11 is 11.9. The molecule has 2 nitrogen and oxygen atoms in total. The van der Waals surface area contributed by atoms with E-state index in [2.05, 4.69) is 5.32 Å². The van der Waals surface area contributed by atoms with Crippen LogP contribution in [0.2, 0.25) is 10.2 Å². The van der Waals surface area contributed by atoms with E-state index in [4.69, 9.17) is 27.6 Å². The van der Waals surface area contributed by atoms with E-state index in [0.717, 1.165) is 17.5 Å². The van der Waals surface area contributed by atoms with Gasteiger partial charge in [0.1, 0.15) is 11.4 Å². The number of anilines is 1. The average molecular weight is 328 g/mol. The van der Waals surface area contributed by atoms with Crippen LogP contribution in [0.5, 0.6) is 0 Å². The first-order valence-electron chi connectivity index (χ1n) is 6.10. The Bertz CT molecular complexity index is 794. The summed E-state index contributed by atoms with van der Waals surface area (Å²) in [6.07, 6.45) is 0. The Hall–Kier alpha value is -1.78. The van der Waals surface area contributed by atoms with Gasteiger partial charge in [-0.15, -0.1) is 0 Å². The average Bonchev–Trinajstić information content (AvgIpc) is 2.73. The zero-order valence-corrected chi connectivity index (χ0v) is 12.1. The highest BCUT2D eigenvalue weighted by atomic mass is 35.5. The molecule has 0 saturated carbocycles. The van der Waals surface area contributed by atoms with Gasteiger partial charge in [-0.05, 0) is 23.7 Å². The minimum atomic E-state index is -0.760. The highest BCUT2D eigenvalue weighted by molar-refractivity contribution is 6.33. The van der Waals surface area contributed by atoms with Gasteiger partial charge in [0.25, 0.3) is 0 Å². The summed E-state index contributed by atoms with van der Waals surface area (Å²) < 4.78 is 32.1. The van der Waals surface area contributed by atoms with Crippen LogP contribution in [-0.2, 0) is 6.54 Å². The molecule has 0 saturated heterocycles. The summed E-state index contributed by atoms with van der Waals surface area (Å²) in [5, 5.41) is 3.85. The maximum Gasteiger partial charge on any atom is 0.199 e. The highest BCUT2D eigenvalue weighted by Crippen LogP contribution is 2.32. The molecular weight excluding hydrogens is 319 g/mol. The van der Waals surface area contributed by atoms with Crippen LogP contribution in [0.3, 0.4) is 0 Å². The van der Waals surface area contributed by atoms with Crippen molar-refractivity contribution in [2.75, 3.05) is 5.32 Å². The van der Waals surface area contributed by atoms with Gasteiger partial charge in [0.15, 0.2) is 11.0 Å². The molecule has 108 valence electrons. The Labute approximate surface area is 129 Å². The normalized spacial score (nSPS) is 11.0. The van der Waals surface area contributed by atoms with Gasteiger partial charge in [-0.25, -0.2) is 8.78 Å². The van der Waals surface area contributed by atoms with Gasteiger partial charge in [0.2, 0.25) is 0 Å². The number of fused-ring (bicyclic) bond motifs is 1. The van der Waals surface area contributed by atoms with Crippen LogP contribution < -0.4 is 5.32 Å². The van der Waals surface area contributed by atoms with E-state index in [9.17, 15) is 8.78 Å². The Morgan fingerprint density at radius 2 is 1.86 bits per heavy atom. The molecule has 0 aliphatic rings. The second-order valence-corrected chi connectivity index (χ2v) is 5.20. The van der Waals surface area contributed by atoms with Crippen molar-refractivity contribution in [3.05, 3.63) is 63.8 Å². The summed E-state index contributed by atoms with van der Waals surface area (Å²) in [6.45, 7) is 0.206. The monoisotopic (exact) mass is 327 g/mol. The Morgan fingerprint density at radius 1 is 1.10 bits per heavy atom. The minimum absolute atomic E-state index is 0.0272. The SMILES string of the molecule is Fc1cc(F)c(NCc2c(Cl)oc3ccccc23)c(Cl)c1. The van der Waals surface area contributed by atoms with Crippen molar-refractivity contribution >= 4 is 39.9 Å². The Morgan fingerprint density at radius 3 is 2.62 bits per heavy atom. The maximum absolute atomic E-state index is 13.7. The first kappa shape index (κ1) is 14.2. The van der Waals surface area contributed by atoms with E-state index in [0.29, 0.717) is 11.1 Å². The fourth-order valence-electron chi connectivity index (χ4n) is 2.12. The number of benzene rings is 2. The molecule has 0 bridgehead atoms. The third-order valence-electron chi connectivity index (χ3n) is 3.10. The van der Waals surface area contributed by atoms with Crippen LogP contribution >= 0.6 is 23.2 Å². The molecule has 21 heavy (non-hydrogen) atoms. The summed E-state index contributed by atoms with van der Waals surface area (Å²) in [6, 6.07) is 9.13. The van der Waals surface area contributed by atoms with E-state index >= 15 is 0 Å². The van der Waals surface area contributed by atoms with Crippen molar-refractivity contribution in [3.8, 4) is 0 Å². The van der Waals surface area contributed by atoms with Gasteiger partial charge < -0.3 is 9.73 Å². The third-order valence-corrected chi connectivity index (χ3v) is 3.70. The predicted octanol–water partition coefficient (Wildman–Crippen LogP) is 5.63. The number of hydrogen-bond acceptors (Lipinski definition) is 2. The molecule has 1 heterocycles. The van der Waals surface area contributed by atoms with Crippen molar-refractivity contribution in [1.29, 1.82) is 0 Å².